The smallest absolute Gasteiger partial charge is 0.316 e. The highest BCUT2D eigenvalue weighted by Crippen LogP contribution is 2.38. The highest BCUT2D eigenvalue weighted by molar-refractivity contribution is 6.09. The number of hydrogen-bond donors (Lipinski definition) is 1. The summed E-state index contributed by atoms with van der Waals surface area (Å²) in [7, 11) is 1.68. The Kier molecular flexibility index (Phi) is 4.76. The molecule has 0 aromatic rings. The van der Waals surface area contributed by atoms with Crippen LogP contribution in [0, 0.1) is 11.8 Å². The number of amides is 3. The zero-order chi connectivity index (χ0) is 17.3. The first kappa shape index (κ1) is 17.1. The molecule has 3 aliphatic rings. The maximum absolute atomic E-state index is 13.0. The van der Waals surface area contributed by atoms with E-state index in [1.54, 1.807) is 7.05 Å². The summed E-state index contributed by atoms with van der Waals surface area (Å²) >= 11 is 0. The van der Waals surface area contributed by atoms with Gasteiger partial charge in [-0.05, 0) is 45.6 Å². The molecule has 132 valence electrons. The number of ketones is 1. The van der Waals surface area contributed by atoms with Crippen molar-refractivity contribution >= 4 is 17.7 Å². The maximum atomic E-state index is 13.0. The molecule has 2 aliphatic heterocycles. The first-order chi connectivity index (χ1) is 11.5. The number of allylic oxidation sites excluding steroid dienone is 1. The van der Waals surface area contributed by atoms with Crippen LogP contribution in [-0.2, 0) is 9.59 Å². The summed E-state index contributed by atoms with van der Waals surface area (Å²) in [4.78, 5) is 40.9. The minimum atomic E-state index is -0.876. The number of hydrogen-bond acceptors (Lipinski definition) is 4. The molecule has 1 aliphatic carbocycles. The molecule has 0 radical (unpaired) electrons. The normalized spacial score (nSPS) is 34.1. The molecule has 3 unspecified atom stereocenters. The Balaban J connectivity index is 1.76. The van der Waals surface area contributed by atoms with Crippen LogP contribution in [-0.4, -0.2) is 59.7 Å². The SMILES string of the molecule is CN1C(=O)N(CC(=O)C2CCCNC2)C(=O)C1(C)C1C=CCCC1. The van der Waals surface area contributed by atoms with Gasteiger partial charge in [0.15, 0.2) is 5.78 Å². The fourth-order valence-electron chi connectivity index (χ4n) is 4.12. The second-order valence-electron chi connectivity index (χ2n) is 7.36. The van der Waals surface area contributed by atoms with Gasteiger partial charge in [0.2, 0.25) is 0 Å². The standard InChI is InChI=1S/C18H27N3O3/c1-18(14-8-4-3-5-9-14)16(23)21(17(24)20(18)2)12-15(22)13-7-6-10-19-11-13/h4,8,13-14,19H,3,5-7,9-12H2,1-2H3. The summed E-state index contributed by atoms with van der Waals surface area (Å²) in [5, 5.41) is 3.21. The van der Waals surface area contributed by atoms with Gasteiger partial charge < -0.3 is 10.2 Å². The first-order valence-corrected chi connectivity index (χ1v) is 8.96. The number of Topliss-reactive ketones (excluding diaryl/α,β-unsaturated/α-hetero) is 1. The van der Waals surface area contributed by atoms with E-state index in [1.807, 2.05) is 6.92 Å². The Morgan fingerprint density at radius 2 is 2.12 bits per heavy atom. The Labute approximate surface area is 143 Å². The quantitative estimate of drug-likeness (QED) is 0.626. The molecule has 3 rings (SSSR count). The van der Waals surface area contributed by atoms with Crippen LogP contribution in [0.2, 0.25) is 0 Å². The van der Waals surface area contributed by atoms with Crippen LogP contribution in [0.4, 0.5) is 4.79 Å². The van der Waals surface area contributed by atoms with E-state index >= 15 is 0 Å². The van der Waals surface area contributed by atoms with Crippen LogP contribution in [0.1, 0.15) is 39.0 Å². The summed E-state index contributed by atoms with van der Waals surface area (Å²) in [6.45, 7) is 3.31. The highest BCUT2D eigenvalue weighted by Gasteiger charge is 2.56. The van der Waals surface area contributed by atoms with E-state index < -0.39 is 5.54 Å². The summed E-state index contributed by atoms with van der Waals surface area (Å²) in [5.74, 6) is -0.320. The minimum absolute atomic E-state index is 0.0132. The van der Waals surface area contributed by atoms with E-state index in [1.165, 1.54) is 9.80 Å². The molecule has 2 saturated heterocycles. The van der Waals surface area contributed by atoms with Crippen LogP contribution in [0.25, 0.3) is 0 Å². The largest absolute Gasteiger partial charge is 0.327 e. The average Bonchev–Trinajstić information content (AvgIpc) is 2.79. The summed E-state index contributed by atoms with van der Waals surface area (Å²) in [5.41, 5.74) is -0.876. The molecule has 6 heteroatoms. The lowest BCUT2D eigenvalue weighted by molar-refractivity contribution is -0.137. The van der Waals surface area contributed by atoms with Gasteiger partial charge in [-0.3, -0.25) is 14.5 Å². The van der Waals surface area contributed by atoms with Gasteiger partial charge in [0, 0.05) is 25.4 Å². The van der Waals surface area contributed by atoms with E-state index in [-0.39, 0.29) is 36.1 Å². The Bertz CT molecular complexity index is 568. The molecule has 2 heterocycles. The number of nitrogens with zero attached hydrogens (tertiary/aromatic N) is 2. The minimum Gasteiger partial charge on any atom is -0.316 e. The Morgan fingerprint density at radius 3 is 2.75 bits per heavy atom. The number of imide groups is 1. The third kappa shape index (κ3) is 2.77. The number of piperidine rings is 1. The number of rotatable bonds is 4. The van der Waals surface area contributed by atoms with Crippen molar-refractivity contribution in [1.82, 2.24) is 15.1 Å². The van der Waals surface area contributed by atoms with Crippen molar-refractivity contribution in [2.45, 2.75) is 44.6 Å². The molecule has 0 saturated carbocycles. The number of nitrogens with one attached hydrogen (secondary N) is 1. The van der Waals surface area contributed by atoms with E-state index in [4.69, 9.17) is 0 Å². The van der Waals surface area contributed by atoms with Crippen molar-refractivity contribution in [2.24, 2.45) is 11.8 Å². The predicted molar refractivity (Wildman–Crippen MR) is 90.4 cm³/mol. The fourth-order valence-corrected chi connectivity index (χ4v) is 4.12. The second kappa shape index (κ2) is 6.67. The molecule has 0 aromatic heterocycles. The average molecular weight is 333 g/mol. The zero-order valence-electron chi connectivity index (χ0n) is 14.6. The summed E-state index contributed by atoms with van der Waals surface area (Å²) in [6.07, 6.45) is 8.89. The maximum Gasteiger partial charge on any atom is 0.327 e. The predicted octanol–water partition coefficient (Wildman–Crippen LogP) is 1.56. The van der Waals surface area contributed by atoms with Crippen LogP contribution in [0.5, 0.6) is 0 Å². The third-order valence-electron chi connectivity index (χ3n) is 5.94. The van der Waals surface area contributed by atoms with Crippen molar-refractivity contribution in [3.8, 4) is 0 Å². The number of urea groups is 1. The second-order valence-corrected chi connectivity index (χ2v) is 7.36. The molecule has 0 bridgehead atoms. The van der Waals surface area contributed by atoms with Gasteiger partial charge in [0.25, 0.3) is 5.91 Å². The van der Waals surface area contributed by atoms with Crippen molar-refractivity contribution in [1.29, 1.82) is 0 Å². The summed E-state index contributed by atoms with van der Waals surface area (Å²) in [6, 6.07) is -0.349. The molecular weight excluding hydrogens is 306 g/mol. The lowest BCUT2D eigenvalue weighted by atomic mass is 9.78. The Morgan fingerprint density at radius 1 is 1.33 bits per heavy atom. The molecular formula is C18H27N3O3. The summed E-state index contributed by atoms with van der Waals surface area (Å²) < 4.78 is 0. The van der Waals surface area contributed by atoms with E-state index in [0.717, 1.165) is 38.6 Å². The molecule has 1 N–H and O–H groups in total. The van der Waals surface area contributed by atoms with Crippen molar-refractivity contribution in [3.63, 3.8) is 0 Å². The monoisotopic (exact) mass is 333 g/mol. The van der Waals surface area contributed by atoms with Crippen molar-refractivity contribution < 1.29 is 14.4 Å². The van der Waals surface area contributed by atoms with E-state index in [0.29, 0.717) is 6.54 Å². The molecule has 0 aromatic carbocycles. The lowest BCUT2D eigenvalue weighted by Gasteiger charge is -2.36. The first-order valence-electron chi connectivity index (χ1n) is 8.96. The van der Waals surface area contributed by atoms with Gasteiger partial charge in [-0.1, -0.05) is 12.2 Å². The number of carbonyl (C=O) groups is 3. The molecule has 24 heavy (non-hydrogen) atoms. The number of carbonyl (C=O) groups excluding carboxylic acids is 3. The van der Waals surface area contributed by atoms with Crippen LogP contribution in [0.3, 0.4) is 0 Å². The van der Waals surface area contributed by atoms with Crippen LogP contribution >= 0.6 is 0 Å². The van der Waals surface area contributed by atoms with Gasteiger partial charge in [0.1, 0.15) is 5.54 Å². The van der Waals surface area contributed by atoms with Gasteiger partial charge in [-0.25, -0.2) is 4.79 Å². The third-order valence-corrected chi connectivity index (χ3v) is 5.94. The lowest BCUT2D eigenvalue weighted by Crippen LogP contribution is -2.51. The molecule has 2 fully saturated rings. The molecule has 3 amide bonds. The fraction of sp³-hybridized carbons (Fsp3) is 0.722. The molecule has 0 spiro atoms. The van der Waals surface area contributed by atoms with Crippen molar-refractivity contribution in [3.05, 3.63) is 12.2 Å². The van der Waals surface area contributed by atoms with Crippen molar-refractivity contribution in [2.75, 3.05) is 26.7 Å². The van der Waals surface area contributed by atoms with E-state index in [2.05, 4.69) is 17.5 Å². The van der Waals surface area contributed by atoms with Gasteiger partial charge in [-0.2, -0.15) is 0 Å². The molecule has 6 nitrogen and oxygen atoms in total. The highest BCUT2D eigenvalue weighted by atomic mass is 16.2. The zero-order valence-corrected chi connectivity index (χ0v) is 14.6. The van der Waals surface area contributed by atoms with Gasteiger partial charge in [-0.15, -0.1) is 0 Å². The number of likely N-dealkylation sites (N-methyl/N-ethyl adjacent to an activating group) is 1. The van der Waals surface area contributed by atoms with Gasteiger partial charge in [0.05, 0.1) is 6.54 Å². The van der Waals surface area contributed by atoms with Crippen LogP contribution in [0.15, 0.2) is 12.2 Å². The topological polar surface area (TPSA) is 69.7 Å². The Hall–Kier alpha value is -1.69. The van der Waals surface area contributed by atoms with Crippen LogP contribution < -0.4 is 5.32 Å². The van der Waals surface area contributed by atoms with E-state index in [9.17, 15) is 14.4 Å². The molecule has 3 atom stereocenters. The van der Waals surface area contributed by atoms with Gasteiger partial charge >= 0.3 is 6.03 Å².